The van der Waals surface area contributed by atoms with Crippen LogP contribution >= 0.6 is 0 Å². The van der Waals surface area contributed by atoms with Crippen molar-refractivity contribution in [2.45, 2.75) is 51.0 Å². The van der Waals surface area contributed by atoms with Crippen molar-refractivity contribution in [1.82, 2.24) is 5.32 Å². The molecule has 0 aromatic heterocycles. The molecule has 0 saturated heterocycles. The molecule has 1 aliphatic carbocycles. The van der Waals surface area contributed by atoms with E-state index >= 15 is 0 Å². The van der Waals surface area contributed by atoms with E-state index in [9.17, 15) is 9.90 Å². The van der Waals surface area contributed by atoms with Gasteiger partial charge in [0.15, 0.2) is 0 Å². The molecule has 0 heterocycles. The summed E-state index contributed by atoms with van der Waals surface area (Å²) in [6.45, 7) is 3.63. The number of nitrogens with two attached hydrogens (primary N) is 1. The number of hydrogen-bond donors (Lipinski definition) is 3. The van der Waals surface area contributed by atoms with Crippen LogP contribution in [0.5, 0.6) is 0 Å². The van der Waals surface area contributed by atoms with E-state index in [0.717, 1.165) is 31.4 Å². The summed E-state index contributed by atoms with van der Waals surface area (Å²) >= 11 is 0. The van der Waals surface area contributed by atoms with Crippen molar-refractivity contribution in [2.75, 3.05) is 12.3 Å². The first-order valence-corrected chi connectivity index (χ1v) is 7.69. The minimum atomic E-state index is -0.537. The molecular formula is C17H26N2O2. The van der Waals surface area contributed by atoms with Crippen LogP contribution in [0.25, 0.3) is 0 Å². The van der Waals surface area contributed by atoms with Crippen LogP contribution in [0.4, 0.5) is 5.69 Å². The van der Waals surface area contributed by atoms with Gasteiger partial charge in [0.05, 0.1) is 12.1 Å². The molecule has 1 aliphatic rings. The highest BCUT2D eigenvalue weighted by molar-refractivity contribution is 5.79. The molecule has 1 aromatic rings. The Hall–Kier alpha value is -1.55. The van der Waals surface area contributed by atoms with E-state index in [-0.39, 0.29) is 18.4 Å². The van der Waals surface area contributed by atoms with E-state index < -0.39 is 5.54 Å². The first-order chi connectivity index (χ1) is 9.91. The lowest BCUT2D eigenvalue weighted by Crippen LogP contribution is -2.49. The maximum atomic E-state index is 12.2. The monoisotopic (exact) mass is 290 g/mol. The van der Waals surface area contributed by atoms with Crippen molar-refractivity contribution in [3.63, 3.8) is 0 Å². The average Bonchev–Trinajstić information content (AvgIpc) is 2.48. The van der Waals surface area contributed by atoms with Gasteiger partial charge in [-0.2, -0.15) is 0 Å². The van der Waals surface area contributed by atoms with Crippen LogP contribution in [0.15, 0.2) is 24.3 Å². The van der Waals surface area contributed by atoms with E-state index in [1.807, 2.05) is 26.0 Å². The van der Waals surface area contributed by atoms with Gasteiger partial charge in [0.1, 0.15) is 0 Å². The molecule has 0 spiro atoms. The van der Waals surface area contributed by atoms with Gasteiger partial charge in [-0.1, -0.05) is 12.1 Å². The molecule has 0 aliphatic heterocycles. The van der Waals surface area contributed by atoms with Crippen molar-refractivity contribution in [1.29, 1.82) is 0 Å². The first kappa shape index (κ1) is 15.8. The van der Waals surface area contributed by atoms with Gasteiger partial charge in [0, 0.05) is 11.6 Å². The smallest absolute Gasteiger partial charge is 0.223 e. The topological polar surface area (TPSA) is 75.3 Å². The fourth-order valence-corrected chi connectivity index (χ4v) is 2.93. The third kappa shape index (κ3) is 4.21. The molecule has 116 valence electrons. The highest BCUT2D eigenvalue weighted by atomic mass is 16.3. The minimum Gasteiger partial charge on any atom is -0.399 e. The Morgan fingerprint density at radius 2 is 1.81 bits per heavy atom. The molecule has 4 N–H and O–H groups in total. The number of anilines is 1. The lowest BCUT2D eigenvalue weighted by atomic mass is 9.78. The molecule has 4 heteroatoms. The van der Waals surface area contributed by atoms with Crippen LogP contribution in [-0.4, -0.2) is 23.2 Å². The second kappa shape index (κ2) is 6.48. The average molecular weight is 290 g/mol. The van der Waals surface area contributed by atoms with Crippen LogP contribution in [0.2, 0.25) is 0 Å². The second-order valence-electron chi connectivity index (χ2n) is 6.75. The van der Waals surface area contributed by atoms with Gasteiger partial charge in [-0.05, 0) is 63.1 Å². The Morgan fingerprint density at radius 1 is 1.24 bits per heavy atom. The summed E-state index contributed by atoms with van der Waals surface area (Å²) in [6, 6.07) is 8.07. The largest absolute Gasteiger partial charge is 0.399 e. The number of amides is 1. The highest BCUT2D eigenvalue weighted by Crippen LogP contribution is 2.36. The lowest BCUT2D eigenvalue weighted by molar-refractivity contribution is -0.128. The molecule has 0 unspecified atom stereocenters. The van der Waals surface area contributed by atoms with Crippen molar-refractivity contribution < 1.29 is 9.90 Å². The molecule has 1 fully saturated rings. The number of hydrogen-bond acceptors (Lipinski definition) is 3. The maximum Gasteiger partial charge on any atom is 0.223 e. The van der Waals surface area contributed by atoms with Gasteiger partial charge in [-0.25, -0.2) is 0 Å². The third-order valence-electron chi connectivity index (χ3n) is 4.36. The predicted molar refractivity (Wildman–Crippen MR) is 84.9 cm³/mol. The summed E-state index contributed by atoms with van der Waals surface area (Å²) in [5, 5.41) is 12.2. The number of nitrogen functional groups attached to an aromatic ring is 1. The second-order valence-corrected chi connectivity index (χ2v) is 6.75. The number of aliphatic hydroxyl groups is 1. The Morgan fingerprint density at radius 3 is 2.33 bits per heavy atom. The van der Waals surface area contributed by atoms with E-state index in [0.29, 0.717) is 5.92 Å². The zero-order valence-corrected chi connectivity index (χ0v) is 12.9. The fraction of sp³-hybridized carbons (Fsp3) is 0.588. The number of nitrogens with one attached hydrogen (secondary N) is 1. The standard InChI is InChI=1S/C17H26N2O2/c1-17(2,11-20)19-16(21)14-5-3-12(4-6-14)13-7-9-15(18)10-8-13/h7-10,12,14,20H,3-6,11,18H2,1-2H3,(H,19,21). The number of carbonyl (C=O) groups excluding carboxylic acids is 1. The summed E-state index contributed by atoms with van der Waals surface area (Å²) in [5.74, 6) is 0.672. The van der Waals surface area contributed by atoms with Crippen molar-refractivity contribution in [2.24, 2.45) is 5.92 Å². The van der Waals surface area contributed by atoms with Gasteiger partial charge >= 0.3 is 0 Å². The van der Waals surface area contributed by atoms with Gasteiger partial charge in [0.25, 0.3) is 0 Å². The Balaban J connectivity index is 1.88. The van der Waals surface area contributed by atoms with Gasteiger partial charge in [-0.15, -0.1) is 0 Å². The predicted octanol–water partition coefficient (Wildman–Crippen LogP) is 2.43. The molecule has 4 nitrogen and oxygen atoms in total. The van der Waals surface area contributed by atoms with Crippen molar-refractivity contribution >= 4 is 11.6 Å². The summed E-state index contributed by atoms with van der Waals surface area (Å²) < 4.78 is 0. The molecule has 1 amide bonds. The number of carbonyl (C=O) groups is 1. The zero-order valence-electron chi connectivity index (χ0n) is 12.9. The maximum absolute atomic E-state index is 12.2. The van der Waals surface area contributed by atoms with E-state index in [4.69, 9.17) is 5.73 Å². The molecule has 2 rings (SSSR count). The quantitative estimate of drug-likeness (QED) is 0.745. The number of benzene rings is 1. The summed E-state index contributed by atoms with van der Waals surface area (Å²) in [6.07, 6.45) is 3.87. The van der Waals surface area contributed by atoms with E-state index in [2.05, 4.69) is 17.4 Å². The molecule has 1 saturated carbocycles. The van der Waals surface area contributed by atoms with Gasteiger partial charge < -0.3 is 16.2 Å². The molecular weight excluding hydrogens is 264 g/mol. The Bertz CT molecular complexity index is 474. The molecule has 0 bridgehead atoms. The van der Waals surface area contributed by atoms with Crippen LogP contribution in [-0.2, 0) is 4.79 Å². The number of rotatable bonds is 4. The zero-order chi connectivity index (χ0) is 15.5. The lowest BCUT2D eigenvalue weighted by Gasteiger charge is -2.31. The van der Waals surface area contributed by atoms with Crippen LogP contribution in [0.1, 0.15) is 51.0 Å². The van der Waals surface area contributed by atoms with Crippen LogP contribution < -0.4 is 11.1 Å². The molecule has 0 radical (unpaired) electrons. The highest BCUT2D eigenvalue weighted by Gasteiger charge is 2.29. The summed E-state index contributed by atoms with van der Waals surface area (Å²) in [7, 11) is 0. The SMILES string of the molecule is CC(C)(CO)NC(=O)C1CCC(c2ccc(N)cc2)CC1. The van der Waals surface area contributed by atoms with Crippen molar-refractivity contribution in [3.8, 4) is 0 Å². The molecule has 1 aromatic carbocycles. The molecule has 0 atom stereocenters. The van der Waals surface area contributed by atoms with Crippen molar-refractivity contribution in [3.05, 3.63) is 29.8 Å². The summed E-state index contributed by atoms with van der Waals surface area (Å²) in [5.41, 5.74) is 7.29. The molecule has 21 heavy (non-hydrogen) atoms. The Labute approximate surface area is 126 Å². The third-order valence-corrected chi connectivity index (χ3v) is 4.36. The summed E-state index contributed by atoms with van der Waals surface area (Å²) in [4.78, 5) is 12.2. The van der Waals surface area contributed by atoms with E-state index in [1.54, 1.807) is 0 Å². The van der Waals surface area contributed by atoms with Gasteiger partial charge in [-0.3, -0.25) is 4.79 Å². The normalized spacial score (nSPS) is 22.8. The van der Waals surface area contributed by atoms with Gasteiger partial charge in [0.2, 0.25) is 5.91 Å². The van der Waals surface area contributed by atoms with Crippen LogP contribution in [0.3, 0.4) is 0 Å². The minimum absolute atomic E-state index is 0.0421. The first-order valence-electron chi connectivity index (χ1n) is 7.69. The number of aliphatic hydroxyl groups excluding tert-OH is 1. The van der Waals surface area contributed by atoms with E-state index in [1.165, 1.54) is 5.56 Å². The Kier molecular flexibility index (Phi) is 4.88. The fourth-order valence-electron chi connectivity index (χ4n) is 2.93. The van der Waals surface area contributed by atoms with Crippen LogP contribution in [0, 0.1) is 5.92 Å².